The number of pyridine rings is 1. The Balaban J connectivity index is 1.68. The molecule has 0 bridgehead atoms. The van der Waals surface area contributed by atoms with Crippen LogP contribution in [0.1, 0.15) is 5.56 Å². The van der Waals surface area contributed by atoms with Crippen molar-refractivity contribution in [1.82, 2.24) is 19.9 Å². The monoisotopic (exact) mass is 298 g/mol. The largest absolute Gasteiger partial charge is 0.314 e. The molecule has 1 aliphatic rings. The van der Waals surface area contributed by atoms with Crippen LogP contribution in [0.25, 0.3) is 0 Å². The number of aryl methyl sites for hydroxylation is 1. The molecule has 0 spiro atoms. The van der Waals surface area contributed by atoms with Gasteiger partial charge in [0.1, 0.15) is 0 Å². The van der Waals surface area contributed by atoms with E-state index in [9.17, 15) is 8.42 Å². The van der Waals surface area contributed by atoms with Crippen LogP contribution < -0.4 is 10.0 Å². The first-order valence-electron chi connectivity index (χ1n) is 6.95. The molecule has 0 unspecified atom stereocenters. The van der Waals surface area contributed by atoms with E-state index < -0.39 is 10.0 Å². The van der Waals surface area contributed by atoms with Gasteiger partial charge in [-0.25, -0.2) is 13.1 Å². The maximum Gasteiger partial charge on any atom is 0.211 e. The summed E-state index contributed by atoms with van der Waals surface area (Å²) in [7, 11) is -3.19. The van der Waals surface area contributed by atoms with Gasteiger partial charge in [0.15, 0.2) is 0 Å². The van der Waals surface area contributed by atoms with E-state index in [4.69, 9.17) is 0 Å². The highest BCUT2D eigenvalue weighted by Crippen LogP contribution is 2.00. The predicted molar refractivity (Wildman–Crippen MR) is 79.0 cm³/mol. The second-order valence-corrected chi connectivity index (χ2v) is 6.84. The molecular formula is C13H22N4O2S. The molecule has 1 fully saturated rings. The maximum atomic E-state index is 11.9. The highest BCUT2D eigenvalue weighted by molar-refractivity contribution is 7.89. The molecule has 1 aromatic rings. The Morgan fingerprint density at radius 2 is 1.95 bits per heavy atom. The first kappa shape index (κ1) is 15.4. The van der Waals surface area contributed by atoms with Crippen LogP contribution in [-0.2, 0) is 16.4 Å². The third kappa shape index (κ3) is 5.54. The first-order chi connectivity index (χ1) is 9.66. The molecular weight excluding hydrogens is 276 g/mol. The van der Waals surface area contributed by atoms with Gasteiger partial charge in [-0.05, 0) is 24.1 Å². The molecule has 2 N–H and O–H groups in total. The van der Waals surface area contributed by atoms with Crippen molar-refractivity contribution in [2.45, 2.75) is 6.42 Å². The van der Waals surface area contributed by atoms with E-state index in [0.717, 1.165) is 38.3 Å². The zero-order chi connectivity index (χ0) is 14.3. The summed E-state index contributed by atoms with van der Waals surface area (Å²) in [4.78, 5) is 6.18. The Bertz CT molecular complexity index is 486. The second-order valence-electron chi connectivity index (χ2n) is 4.91. The smallest absolute Gasteiger partial charge is 0.211 e. The van der Waals surface area contributed by atoms with E-state index in [1.54, 1.807) is 12.4 Å². The molecule has 7 heteroatoms. The number of hydrogen-bond donors (Lipinski definition) is 2. The van der Waals surface area contributed by atoms with E-state index in [1.807, 2.05) is 12.1 Å². The Kier molecular flexibility index (Phi) is 5.90. The number of rotatable bonds is 7. The van der Waals surface area contributed by atoms with Crippen LogP contribution in [0.4, 0.5) is 0 Å². The third-order valence-electron chi connectivity index (χ3n) is 3.37. The van der Waals surface area contributed by atoms with Gasteiger partial charge >= 0.3 is 0 Å². The van der Waals surface area contributed by atoms with Crippen LogP contribution in [0.3, 0.4) is 0 Å². The molecule has 1 aliphatic heterocycles. The van der Waals surface area contributed by atoms with Crippen molar-refractivity contribution < 1.29 is 8.42 Å². The van der Waals surface area contributed by atoms with Gasteiger partial charge in [0, 0.05) is 51.7 Å². The minimum absolute atomic E-state index is 0.124. The number of hydrogen-bond acceptors (Lipinski definition) is 5. The van der Waals surface area contributed by atoms with Gasteiger partial charge < -0.3 is 5.32 Å². The zero-order valence-electron chi connectivity index (χ0n) is 11.6. The quantitative estimate of drug-likeness (QED) is 0.706. The molecule has 0 radical (unpaired) electrons. The molecule has 2 rings (SSSR count). The van der Waals surface area contributed by atoms with Gasteiger partial charge in [-0.15, -0.1) is 0 Å². The van der Waals surface area contributed by atoms with Crippen LogP contribution in [0.2, 0.25) is 0 Å². The lowest BCUT2D eigenvalue weighted by atomic mass is 10.2. The Morgan fingerprint density at radius 3 is 2.65 bits per heavy atom. The third-order valence-corrected chi connectivity index (χ3v) is 4.75. The molecule has 0 amide bonds. The molecule has 0 saturated carbocycles. The van der Waals surface area contributed by atoms with Crippen molar-refractivity contribution in [3.63, 3.8) is 0 Å². The Hall–Kier alpha value is -1.02. The van der Waals surface area contributed by atoms with Crippen LogP contribution in [0, 0.1) is 0 Å². The predicted octanol–water partition coefficient (Wildman–Crippen LogP) is -0.551. The van der Waals surface area contributed by atoms with Crippen molar-refractivity contribution in [3.05, 3.63) is 30.1 Å². The standard InChI is InChI=1S/C13H22N4O2S/c18-20(19,12-3-13-1-4-14-5-2-13)16-8-11-17-9-6-15-7-10-17/h1-2,4-5,15-16H,3,6-12H2. The highest BCUT2D eigenvalue weighted by Gasteiger charge is 2.12. The second kappa shape index (κ2) is 7.68. The number of nitrogens with one attached hydrogen (secondary N) is 2. The van der Waals surface area contributed by atoms with Crippen molar-refractivity contribution in [2.24, 2.45) is 0 Å². The summed E-state index contributed by atoms with van der Waals surface area (Å²) in [6, 6.07) is 3.69. The number of sulfonamides is 1. The van der Waals surface area contributed by atoms with Crippen LogP contribution in [0.5, 0.6) is 0 Å². The lowest BCUT2D eigenvalue weighted by molar-refractivity contribution is 0.245. The van der Waals surface area contributed by atoms with Gasteiger partial charge in [0.25, 0.3) is 0 Å². The van der Waals surface area contributed by atoms with E-state index in [1.165, 1.54) is 0 Å². The van der Waals surface area contributed by atoms with Crippen LogP contribution in [0.15, 0.2) is 24.5 Å². The van der Waals surface area contributed by atoms with E-state index in [2.05, 4.69) is 19.9 Å². The molecule has 112 valence electrons. The van der Waals surface area contributed by atoms with Gasteiger partial charge in [0.2, 0.25) is 10.0 Å². The molecule has 0 atom stereocenters. The SMILES string of the molecule is O=S(=O)(CCc1ccncc1)NCCN1CCNCC1. The number of aromatic nitrogens is 1. The summed E-state index contributed by atoms with van der Waals surface area (Å²) >= 11 is 0. The van der Waals surface area contributed by atoms with E-state index in [0.29, 0.717) is 13.0 Å². The summed E-state index contributed by atoms with van der Waals surface area (Å²) in [5.74, 6) is 0.124. The summed E-state index contributed by atoms with van der Waals surface area (Å²) in [6.45, 7) is 5.19. The fraction of sp³-hybridized carbons (Fsp3) is 0.615. The van der Waals surface area contributed by atoms with Crippen molar-refractivity contribution in [3.8, 4) is 0 Å². The maximum absolute atomic E-state index is 11.9. The minimum atomic E-state index is -3.19. The molecule has 6 nitrogen and oxygen atoms in total. The molecule has 20 heavy (non-hydrogen) atoms. The van der Waals surface area contributed by atoms with Crippen LogP contribution >= 0.6 is 0 Å². The van der Waals surface area contributed by atoms with Gasteiger partial charge in [-0.3, -0.25) is 9.88 Å². The average Bonchev–Trinajstić information content (AvgIpc) is 2.47. The molecule has 2 heterocycles. The Morgan fingerprint density at radius 1 is 1.25 bits per heavy atom. The summed E-state index contributed by atoms with van der Waals surface area (Å²) < 4.78 is 26.4. The van der Waals surface area contributed by atoms with Crippen LogP contribution in [-0.4, -0.2) is 63.3 Å². The van der Waals surface area contributed by atoms with E-state index in [-0.39, 0.29) is 5.75 Å². The fourth-order valence-corrected chi connectivity index (χ4v) is 3.22. The Labute approximate surface area is 120 Å². The van der Waals surface area contributed by atoms with Crippen molar-refractivity contribution in [1.29, 1.82) is 0 Å². The summed E-state index contributed by atoms with van der Waals surface area (Å²) in [5.41, 5.74) is 0.993. The highest BCUT2D eigenvalue weighted by atomic mass is 32.2. The average molecular weight is 298 g/mol. The van der Waals surface area contributed by atoms with Gasteiger partial charge in [-0.1, -0.05) is 0 Å². The molecule has 0 aliphatic carbocycles. The van der Waals surface area contributed by atoms with E-state index >= 15 is 0 Å². The zero-order valence-corrected chi connectivity index (χ0v) is 12.4. The topological polar surface area (TPSA) is 74.3 Å². The first-order valence-corrected chi connectivity index (χ1v) is 8.60. The number of nitrogens with zero attached hydrogens (tertiary/aromatic N) is 2. The lowest BCUT2D eigenvalue weighted by Crippen LogP contribution is -2.46. The summed E-state index contributed by atoms with van der Waals surface area (Å²) in [6.07, 6.45) is 3.88. The normalized spacial score (nSPS) is 17.2. The minimum Gasteiger partial charge on any atom is -0.314 e. The van der Waals surface area contributed by atoms with Crippen molar-refractivity contribution >= 4 is 10.0 Å². The number of piperazine rings is 1. The summed E-state index contributed by atoms with van der Waals surface area (Å²) in [5, 5.41) is 3.27. The van der Waals surface area contributed by atoms with Gasteiger partial charge in [-0.2, -0.15) is 0 Å². The molecule has 1 saturated heterocycles. The fourth-order valence-electron chi connectivity index (χ4n) is 2.17. The molecule has 1 aromatic heterocycles. The van der Waals surface area contributed by atoms with Crippen molar-refractivity contribution in [2.75, 3.05) is 45.0 Å². The van der Waals surface area contributed by atoms with Gasteiger partial charge in [0.05, 0.1) is 5.75 Å². The lowest BCUT2D eigenvalue weighted by Gasteiger charge is -2.27. The molecule has 0 aromatic carbocycles.